The molecule has 0 saturated heterocycles. The Hall–Kier alpha value is -2.69. The van der Waals surface area contributed by atoms with Crippen molar-refractivity contribution in [3.63, 3.8) is 0 Å². The lowest BCUT2D eigenvalue weighted by Crippen LogP contribution is -2.45. The van der Waals surface area contributed by atoms with Gasteiger partial charge in [0.05, 0.1) is 5.69 Å². The Kier molecular flexibility index (Phi) is 7.14. The van der Waals surface area contributed by atoms with Gasteiger partial charge in [0.1, 0.15) is 34.2 Å². The van der Waals surface area contributed by atoms with Crippen LogP contribution in [0.4, 0.5) is 8.78 Å². The van der Waals surface area contributed by atoms with Crippen molar-refractivity contribution in [3.05, 3.63) is 71.2 Å². The quantitative estimate of drug-likeness (QED) is 0.505. The van der Waals surface area contributed by atoms with Crippen LogP contribution in [0.25, 0.3) is 10.6 Å². The number of ether oxygens (including phenoxy) is 1. The Morgan fingerprint density at radius 2 is 1.81 bits per heavy atom. The lowest BCUT2D eigenvalue weighted by atomic mass is 10.1. The topological polar surface area (TPSA) is 85.4 Å². The van der Waals surface area contributed by atoms with Gasteiger partial charge in [0.15, 0.2) is 0 Å². The molecule has 1 heterocycles. The number of hydrogen-bond acceptors (Lipinski definition) is 6. The van der Waals surface area contributed by atoms with Crippen molar-refractivity contribution in [2.45, 2.75) is 31.4 Å². The molecule has 3 rings (SSSR count). The van der Waals surface area contributed by atoms with E-state index in [0.29, 0.717) is 10.7 Å². The van der Waals surface area contributed by atoms with E-state index in [0.717, 1.165) is 17.7 Å². The molecule has 2 aromatic carbocycles. The molecule has 0 radical (unpaired) electrons. The first-order chi connectivity index (χ1) is 14.7. The third kappa shape index (κ3) is 5.72. The summed E-state index contributed by atoms with van der Waals surface area (Å²) in [5.74, 6) is -2.51. The fourth-order valence-electron chi connectivity index (χ4n) is 2.68. The molecule has 0 unspecified atom stereocenters. The molecule has 31 heavy (non-hydrogen) atoms. The highest BCUT2D eigenvalue weighted by molar-refractivity contribution is 7.89. The van der Waals surface area contributed by atoms with E-state index >= 15 is 0 Å². The first-order valence-corrected chi connectivity index (χ1v) is 11.7. The fourth-order valence-corrected chi connectivity index (χ4v) is 4.91. The van der Waals surface area contributed by atoms with E-state index in [1.807, 2.05) is 0 Å². The standard InChI is InChI=1S/C21H20F2N2O4S2/c1-13(2)19(25-31(27,28)18-6-4-3-5-17(18)23)21(26)29-11-16-12-30-20(24-16)14-7-9-15(22)10-8-14/h3-10,12-13,19,25H,11H2,1-2H3/t19-/m0/s1. The van der Waals surface area contributed by atoms with Crippen molar-refractivity contribution in [2.75, 3.05) is 0 Å². The number of thiazole rings is 1. The summed E-state index contributed by atoms with van der Waals surface area (Å²) >= 11 is 1.31. The molecule has 0 spiro atoms. The number of esters is 1. The first kappa shape index (κ1) is 23.0. The number of carbonyl (C=O) groups is 1. The van der Waals surface area contributed by atoms with Crippen LogP contribution in [-0.4, -0.2) is 25.4 Å². The summed E-state index contributed by atoms with van der Waals surface area (Å²) in [4.78, 5) is 16.4. The van der Waals surface area contributed by atoms with Crippen molar-refractivity contribution in [3.8, 4) is 10.6 Å². The Bertz CT molecular complexity index is 1160. The maximum atomic E-state index is 13.9. The van der Waals surface area contributed by atoms with E-state index in [2.05, 4.69) is 9.71 Å². The van der Waals surface area contributed by atoms with E-state index in [4.69, 9.17) is 4.74 Å². The SMILES string of the molecule is CC(C)[C@H](NS(=O)(=O)c1ccccc1F)C(=O)OCc1csc(-c2ccc(F)cc2)n1. The summed E-state index contributed by atoms with van der Waals surface area (Å²) < 4.78 is 59.5. The number of benzene rings is 2. The maximum Gasteiger partial charge on any atom is 0.324 e. The average Bonchev–Trinajstić information content (AvgIpc) is 3.20. The molecule has 164 valence electrons. The number of nitrogens with one attached hydrogen (secondary N) is 1. The molecule has 10 heteroatoms. The molecule has 0 aliphatic carbocycles. The van der Waals surface area contributed by atoms with Gasteiger partial charge in [-0.05, 0) is 42.3 Å². The molecular weight excluding hydrogens is 446 g/mol. The molecule has 0 fully saturated rings. The lowest BCUT2D eigenvalue weighted by Gasteiger charge is -2.20. The van der Waals surface area contributed by atoms with Gasteiger partial charge in [-0.25, -0.2) is 22.2 Å². The third-order valence-electron chi connectivity index (χ3n) is 4.33. The molecule has 1 atom stereocenters. The second-order valence-electron chi connectivity index (χ2n) is 7.03. The van der Waals surface area contributed by atoms with Crippen LogP contribution < -0.4 is 4.72 Å². The third-order valence-corrected chi connectivity index (χ3v) is 6.75. The smallest absolute Gasteiger partial charge is 0.324 e. The molecular formula is C21H20F2N2O4S2. The summed E-state index contributed by atoms with van der Waals surface area (Å²) in [5, 5.41) is 2.33. The van der Waals surface area contributed by atoms with E-state index in [1.54, 1.807) is 31.4 Å². The van der Waals surface area contributed by atoms with Gasteiger partial charge < -0.3 is 4.74 Å². The number of rotatable bonds is 8. The number of sulfonamides is 1. The highest BCUT2D eigenvalue weighted by Gasteiger charge is 2.31. The van der Waals surface area contributed by atoms with Gasteiger partial charge in [-0.2, -0.15) is 4.72 Å². The number of nitrogens with zero attached hydrogens (tertiary/aromatic N) is 1. The zero-order valence-electron chi connectivity index (χ0n) is 16.7. The van der Waals surface area contributed by atoms with Crippen molar-refractivity contribution in [1.82, 2.24) is 9.71 Å². The lowest BCUT2D eigenvalue weighted by molar-refractivity contribution is -0.148. The Labute approximate surface area is 183 Å². The van der Waals surface area contributed by atoms with Crippen LogP contribution in [0.2, 0.25) is 0 Å². The minimum Gasteiger partial charge on any atom is -0.458 e. The molecule has 0 bridgehead atoms. The Morgan fingerprint density at radius 1 is 1.13 bits per heavy atom. The number of halogens is 2. The van der Waals surface area contributed by atoms with Crippen LogP contribution in [0.1, 0.15) is 19.5 Å². The number of carbonyl (C=O) groups excluding carboxylic acids is 1. The zero-order chi connectivity index (χ0) is 22.6. The van der Waals surface area contributed by atoms with Crippen molar-refractivity contribution < 1.29 is 26.7 Å². The molecule has 0 amide bonds. The van der Waals surface area contributed by atoms with Gasteiger partial charge in [-0.1, -0.05) is 26.0 Å². The number of hydrogen-bond donors (Lipinski definition) is 1. The summed E-state index contributed by atoms with van der Waals surface area (Å²) in [6.07, 6.45) is 0. The Balaban J connectivity index is 1.68. The summed E-state index contributed by atoms with van der Waals surface area (Å²) in [5.41, 5.74) is 1.19. The highest BCUT2D eigenvalue weighted by atomic mass is 32.2. The molecule has 0 saturated carbocycles. The van der Waals surface area contributed by atoms with Crippen LogP contribution in [0, 0.1) is 17.6 Å². The molecule has 1 N–H and O–H groups in total. The molecule has 1 aromatic heterocycles. The van der Waals surface area contributed by atoms with Crippen LogP contribution in [-0.2, 0) is 26.2 Å². The summed E-state index contributed by atoms with van der Waals surface area (Å²) in [6, 6.07) is 9.53. The second-order valence-corrected chi connectivity index (χ2v) is 9.57. The van der Waals surface area contributed by atoms with E-state index < -0.39 is 38.7 Å². The van der Waals surface area contributed by atoms with Crippen molar-refractivity contribution in [1.29, 1.82) is 0 Å². The summed E-state index contributed by atoms with van der Waals surface area (Å²) in [6.45, 7) is 3.12. The number of aromatic nitrogens is 1. The van der Waals surface area contributed by atoms with Gasteiger partial charge in [0.2, 0.25) is 10.0 Å². The van der Waals surface area contributed by atoms with Gasteiger partial charge >= 0.3 is 5.97 Å². The van der Waals surface area contributed by atoms with Crippen molar-refractivity contribution in [2.24, 2.45) is 5.92 Å². The van der Waals surface area contributed by atoms with Gasteiger partial charge in [0.25, 0.3) is 0 Å². The van der Waals surface area contributed by atoms with E-state index in [1.165, 1.54) is 35.6 Å². The van der Waals surface area contributed by atoms with Crippen LogP contribution in [0.15, 0.2) is 58.8 Å². The van der Waals surface area contributed by atoms with Gasteiger partial charge in [-0.15, -0.1) is 11.3 Å². The Morgan fingerprint density at radius 3 is 2.45 bits per heavy atom. The van der Waals surface area contributed by atoms with E-state index in [-0.39, 0.29) is 12.4 Å². The average molecular weight is 467 g/mol. The molecule has 3 aromatic rings. The predicted octanol–water partition coefficient (Wildman–Crippen LogP) is 4.13. The molecule has 6 nitrogen and oxygen atoms in total. The fraction of sp³-hybridized carbons (Fsp3) is 0.238. The zero-order valence-corrected chi connectivity index (χ0v) is 18.3. The molecule has 0 aliphatic heterocycles. The van der Waals surface area contributed by atoms with Gasteiger partial charge in [0, 0.05) is 10.9 Å². The van der Waals surface area contributed by atoms with Crippen LogP contribution in [0.3, 0.4) is 0 Å². The second kappa shape index (κ2) is 9.63. The van der Waals surface area contributed by atoms with E-state index in [9.17, 15) is 22.0 Å². The minimum atomic E-state index is -4.27. The van der Waals surface area contributed by atoms with Gasteiger partial charge in [-0.3, -0.25) is 4.79 Å². The highest BCUT2D eigenvalue weighted by Crippen LogP contribution is 2.24. The van der Waals surface area contributed by atoms with Crippen LogP contribution in [0.5, 0.6) is 0 Å². The minimum absolute atomic E-state index is 0.166. The van der Waals surface area contributed by atoms with Crippen LogP contribution >= 0.6 is 11.3 Å². The van der Waals surface area contributed by atoms with Crippen molar-refractivity contribution >= 4 is 27.3 Å². The molecule has 0 aliphatic rings. The largest absolute Gasteiger partial charge is 0.458 e. The normalized spacial score (nSPS) is 12.7. The monoisotopic (exact) mass is 466 g/mol. The first-order valence-electron chi connectivity index (χ1n) is 9.31. The predicted molar refractivity (Wildman–Crippen MR) is 113 cm³/mol. The summed E-state index contributed by atoms with van der Waals surface area (Å²) in [7, 11) is -4.27. The maximum absolute atomic E-state index is 13.9.